The maximum atomic E-state index is 12.6. The molecule has 0 radical (unpaired) electrons. The summed E-state index contributed by atoms with van der Waals surface area (Å²) in [6.07, 6.45) is 3.89. The van der Waals surface area contributed by atoms with E-state index < -0.39 is 22.0 Å². The van der Waals surface area contributed by atoms with Crippen molar-refractivity contribution in [3.05, 3.63) is 90.2 Å². The van der Waals surface area contributed by atoms with E-state index in [9.17, 15) is 18.3 Å². The quantitative estimate of drug-likeness (QED) is 0.343. The number of carboxylic acids is 1. The number of rotatable bonds is 8. The molecule has 0 aliphatic rings. The van der Waals surface area contributed by atoms with E-state index >= 15 is 0 Å². The number of sulfonamides is 1. The third-order valence-electron chi connectivity index (χ3n) is 5.51. The van der Waals surface area contributed by atoms with Gasteiger partial charge in [0.05, 0.1) is 4.90 Å². The van der Waals surface area contributed by atoms with Gasteiger partial charge in [-0.2, -0.15) is 4.72 Å². The van der Waals surface area contributed by atoms with Gasteiger partial charge in [0.15, 0.2) is 0 Å². The summed E-state index contributed by atoms with van der Waals surface area (Å²) in [7, 11) is -3.95. The van der Waals surface area contributed by atoms with Crippen molar-refractivity contribution in [3.8, 4) is 11.1 Å². The standard InChI is InChI=1S/C27H25NO5S/c1-18(2)26(27(29)30)28-34(31,32)24-15-12-21(13-16-24)20-10-7-19(8-11-20)9-14-23-17-22-5-3-4-6-25(22)33-23/h3-18,26,28H,1-2H3,(H,29,30)/b14-9+/t26-/m1/s1. The first-order chi connectivity index (χ1) is 16.2. The molecular formula is C27H25NO5S. The highest BCUT2D eigenvalue weighted by Crippen LogP contribution is 2.24. The molecule has 0 saturated heterocycles. The lowest BCUT2D eigenvalue weighted by atomic mass is 10.0. The van der Waals surface area contributed by atoms with Crippen molar-refractivity contribution in [3.63, 3.8) is 0 Å². The molecule has 1 heterocycles. The van der Waals surface area contributed by atoms with Gasteiger partial charge in [-0.05, 0) is 52.9 Å². The summed E-state index contributed by atoms with van der Waals surface area (Å²) in [5, 5.41) is 10.3. The molecule has 34 heavy (non-hydrogen) atoms. The minimum Gasteiger partial charge on any atom is -0.480 e. The zero-order valence-electron chi connectivity index (χ0n) is 18.8. The zero-order chi connectivity index (χ0) is 24.3. The van der Waals surface area contributed by atoms with Crippen molar-refractivity contribution in [2.45, 2.75) is 24.8 Å². The third kappa shape index (κ3) is 5.27. The van der Waals surface area contributed by atoms with Crippen LogP contribution in [0.15, 0.2) is 88.2 Å². The number of furan rings is 1. The lowest BCUT2D eigenvalue weighted by molar-refractivity contribution is -0.140. The molecule has 174 valence electrons. The zero-order valence-corrected chi connectivity index (χ0v) is 19.6. The summed E-state index contributed by atoms with van der Waals surface area (Å²) >= 11 is 0. The van der Waals surface area contributed by atoms with Crippen LogP contribution in [0.5, 0.6) is 0 Å². The first-order valence-corrected chi connectivity index (χ1v) is 12.3. The topological polar surface area (TPSA) is 96.6 Å². The van der Waals surface area contributed by atoms with Gasteiger partial charge in [-0.25, -0.2) is 8.42 Å². The normalized spacial score (nSPS) is 13.0. The van der Waals surface area contributed by atoms with Crippen molar-refractivity contribution in [2.75, 3.05) is 0 Å². The van der Waals surface area contributed by atoms with Crippen LogP contribution in [0.3, 0.4) is 0 Å². The van der Waals surface area contributed by atoms with Crippen LogP contribution in [0, 0.1) is 5.92 Å². The molecule has 6 nitrogen and oxygen atoms in total. The molecule has 0 saturated carbocycles. The van der Waals surface area contributed by atoms with Gasteiger partial charge >= 0.3 is 5.97 Å². The van der Waals surface area contributed by atoms with E-state index in [4.69, 9.17) is 4.42 Å². The van der Waals surface area contributed by atoms with Gasteiger partial charge in [0.2, 0.25) is 10.0 Å². The minimum atomic E-state index is -3.95. The second kappa shape index (κ2) is 9.67. The van der Waals surface area contributed by atoms with E-state index in [1.54, 1.807) is 26.0 Å². The summed E-state index contributed by atoms with van der Waals surface area (Å²) in [6, 6.07) is 22.9. The molecule has 4 aromatic rings. The van der Waals surface area contributed by atoms with E-state index in [2.05, 4.69) is 4.72 Å². The Morgan fingerprint density at radius 1 is 0.912 bits per heavy atom. The highest BCUT2D eigenvalue weighted by molar-refractivity contribution is 7.89. The summed E-state index contributed by atoms with van der Waals surface area (Å²) < 4.78 is 33.3. The third-order valence-corrected chi connectivity index (χ3v) is 6.97. The lowest BCUT2D eigenvalue weighted by Crippen LogP contribution is -2.44. The number of carbonyl (C=O) groups is 1. The predicted octanol–water partition coefficient (Wildman–Crippen LogP) is 5.66. The summed E-state index contributed by atoms with van der Waals surface area (Å²) in [5.41, 5.74) is 3.63. The molecule has 7 heteroatoms. The first kappa shape index (κ1) is 23.5. The maximum Gasteiger partial charge on any atom is 0.322 e. The Hall–Kier alpha value is -3.68. The minimum absolute atomic E-state index is 0.0218. The Kier molecular flexibility index (Phi) is 6.68. The summed E-state index contributed by atoms with van der Waals surface area (Å²) in [4.78, 5) is 11.4. The fourth-order valence-electron chi connectivity index (χ4n) is 3.58. The molecule has 1 aromatic heterocycles. The number of benzene rings is 3. The Balaban J connectivity index is 1.47. The van der Waals surface area contributed by atoms with Crippen LogP contribution in [0.1, 0.15) is 25.2 Å². The molecule has 1 atom stereocenters. The number of fused-ring (bicyclic) bond motifs is 1. The van der Waals surface area contributed by atoms with E-state index in [0.717, 1.165) is 33.4 Å². The number of hydrogen-bond donors (Lipinski definition) is 2. The van der Waals surface area contributed by atoms with Crippen molar-refractivity contribution >= 4 is 39.1 Å². The van der Waals surface area contributed by atoms with Gasteiger partial charge in [0.25, 0.3) is 0 Å². The second-order valence-corrected chi connectivity index (χ2v) is 10.1. The Bertz CT molecular complexity index is 1400. The average molecular weight is 476 g/mol. The molecule has 0 bridgehead atoms. The summed E-state index contributed by atoms with van der Waals surface area (Å²) in [6.45, 7) is 3.31. The van der Waals surface area contributed by atoms with E-state index in [0.29, 0.717) is 0 Å². The number of nitrogens with one attached hydrogen (secondary N) is 1. The van der Waals surface area contributed by atoms with Crippen molar-refractivity contribution in [2.24, 2.45) is 5.92 Å². The predicted molar refractivity (Wildman–Crippen MR) is 134 cm³/mol. The van der Waals surface area contributed by atoms with Gasteiger partial charge in [-0.15, -0.1) is 0 Å². The SMILES string of the molecule is CC(C)[C@@H](NS(=O)(=O)c1ccc(-c2ccc(/C=C/c3cc4ccccc4o3)cc2)cc1)C(=O)O. The van der Waals surface area contributed by atoms with Gasteiger partial charge in [-0.1, -0.05) is 74.5 Å². The smallest absolute Gasteiger partial charge is 0.322 e. The van der Waals surface area contributed by atoms with Crippen LogP contribution in [-0.4, -0.2) is 25.5 Å². The Morgan fingerprint density at radius 3 is 2.12 bits per heavy atom. The van der Waals surface area contributed by atoms with Crippen LogP contribution >= 0.6 is 0 Å². The Morgan fingerprint density at radius 2 is 1.53 bits per heavy atom. The molecule has 3 aromatic carbocycles. The molecule has 0 aliphatic carbocycles. The fourth-order valence-corrected chi connectivity index (χ4v) is 4.92. The van der Waals surface area contributed by atoms with E-state index in [1.165, 1.54) is 12.1 Å². The average Bonchev–Trinajstić information content (AvgIpc) is 3.24. The molecule has 0 spiro atoms. The molecular weight excluding hydrogens is 450 g/mol. The van der Waals surface area contributed by atoms with Crippen LogP contribution in [0.2, 0.25) is 0 Å². The highest BCUT2D eigenvalue weighted by atomic mass is 32.2. The van der Waals surface area contributed by atoms with Crippen LogP contribution in [-0.2, 0) is 14.8 Å². The fraction of sp³-hybridized carbons (Fsp3) is 0.148. The maximum absolute atomic E-state index is 12.6. The molecule has 0 aliphatic heterocycles. The highest BCUT2D eigenvalue weighted by Gasteiger charge is 2.27. The van der Waals surface area contributed by atoms with Gasteiger partial charge in [0.1, 0.15) is 17.4 Å². The Labute approximate surface area is 198 Å². The van der Waals surface area contributed by atoms with E-state index in [1.807, 2.05) is 66.7 Å². The van der Waals surface area contributed by atoms with Crippen molar-refractivity contribution in [1.82, 2.24) is 4.72 Å². The largest absolute Gasteiger partial charge is 0.480 e. The van der Waals surface area contributed by atoms with E-state index in [-0.39, 0.29) is 10.8 Å². The number of hydrogen-bond acceptors (Lipinski definition) is 4. The molecule has 0 unspecified atom stereocenters. The monoisotopic (exact) mass is 475 g/mol. The van der Waals surface area contributed by atoms with Crippen molar-refractivity contribution < 1.29 is 22.7 Å². The van der Waals surface area contributed by atoms with Gasteiger partial charge in [0, 0.05) is 5.39 Å². The second-order valence-electron chi connectivity index (χ2n) is 8.35. The van der Waals surface area contributed by atoms with Crippen molar-refractivity contribution in [1.29, 1.82) is 0 Å². The van der Waals surface area contributed by atoms with Crippen LogP contribution < -0.4 is 4.72 Å². The van der Waals surface area contributed by atoms with Crippen LogP contribution in [0.4, 0.5) is 0 Å². The van der Waals surface area contributed by atoms with Gasteiger partial charge in [-0.3, -0.25) is 4.79 Å². The number of aliphatic carboxylic acids is 1. The van der Waals surface area contributed by atoms with Gasteiger partial charge < -0.3 is 9.52 Å². The molecule has 4 rings (SSSR count). The first-order valence-electron chi connectivity index (χ1n) is 10.9. The molecule has 0 amide bonds. The number of carboxylic acid groups (broad SMARTS) is 1. The number of para-hydroxylation sites is 1. The molecule has 2 N–H and O–H groups in total. The van der Waals surface area contributed by atoms with Crippen LogP contribution in [0.25, 0.3) is 34.2 Å². The molecule has 0 fully saturated rings. The lowest BCUT2D eigenvalue weighted by Gasteiger charge is -2.18. The summed E-state index contributed by atoms with van der Waals surface area (Å²) in [5.74, 6) is -0.811.